The second-order valence-corrected chi connectivity index (χ2v) is 10.4. The zero-order valence-corrected chi connectivity index (χ0v) is 18.6. The number of rotatable bonds is 5. The van der Waals surface area contributed by atoms with Crippen molar-refractivity contribution in [2.45, 2.75) is 53.4 Å². The van der Waals surface area contributed by atoms with Gasteiger partial charge in [0.15, 0.2) is 0 Å². The van der Waals surface area contributed by atoms with E-state index in [4.69, 9.17) is 0 Å². The van der Waals surface area contributed by atoms with Crippen molar-refractivity contribution in [1.82, 2.24) is 9.80 Å². The van der Waals surface area contributed by atoms with E-state index in [1.54, 1.807) is 11.3 Å². The number of nitrogens with one attached hydrogen (secondary N) is 1. The number of anilines is 1. The summed E-state index contributed by atoms with van der Waals surface area (Å²) in [6.45, 7) is 14.6. The molecule has 0 aromatic carbocycles. The van der Waals surface area contributed by atoms with Crippen LogP contribution in [0.15, 0.2) is 0 Å². The maximum Gasteiger partial charge on any atom is 0.239 e. The number of fused-ring (bicyclic) bond motifs is 1. The average molecular weight is 403 g/mol. The summed E-state index contributed by atoms with van der Waals surface area (Å²) in [6, 6.07) is 2.36. The van der Waals surface area contributed by atoms with Crippen LogP contribution in [0.3, 0.4) is 0 Å². The normalized spacial score (nSPS) is 21.2. The molecule has 1 aromatic heterocycles. The molecule has 28 heavy (non-hydrogen) atoms. The Morgan fingerprint density at radius 1 is 1.25 bits per heavy atom. The highest BCUT2D eigenvalue weighted by Gasteiger charge is 2.32. The van der Waals surface area contributed by atoms with Crippen molar-refractivity contribution in [3.8, 4) is 6.07 Å². The smallest absolute Gasteiger partial charge is 0.239 e. The molecule has 2 aliphatic rings. The fraction of sp³-hybridized carbons (Fsp3) is 0.727. The molecule has 5 nitrogen and oxygen atoms in total. The third kappa shape index (κ3) is 4.94. The fourth-order valence-corrected chi connectivity index (χ4v) is 5.68. The van der Waals surface area contributed by atoms with Gasteiger partial charge in [0.25, 0.3) is 0 Å². The molecular formula is C22H34N4OS. The molecule has 2 heterocycles. The highest BCUT2D eigenvalue weighted by Crippen LogP contribution is 2.43. The molecule has 1 aromatic rings. The predicted octanol–water partition coefficient (Wildman–Crippen LogP) is 3.74. The molecule has 154 valence electrons. The summed E-state index contributed by atoms with van der Waals surface area (Å²) < 4.78 is 0. The molecule has 1 atom stereocenters. The number of thiophene rings is 1. The van der Waals surface area contributed by atoms with E-state index in [1.807, 2.05) is 0 Å². The maximum atomic E-state index is 12.6. The van der Waals surface area contributed by atoms with Crippen molar-refractivity contribution >= 4 is 22.2 Å². The molecule has 6 heteroatoms. The van der Waals surface area contributed by atoms with Crippen LogP contribution in [0.4, 0.5) is 5.00 Å². The first-order chi connectivity index (χ1) is 13.3. The van der Waals surface area contributed by atoms with Crippen LogP contribution < -0.4 is 5.32 Å². The molecule has 1 fully saturated rings. The Hall–Kier alpha value is -1.42. The summed E-state index contributed by atoms with van der Waals surface area (Å²) in [6.07, 6.45) is 4.27. The maximum absolute atomic E-state index is 12.6. The van der Waals surface area contributed by atoms with Crippen molar-refractivity contribution in [3.63, 3.8) is 0 Å². The number of nitrogens with zero attached hydrogens (tertiary/aromatic N) is 3. The molecule has 1 aliphatic heterocycles. The first-order valence-corrected chi connectivity index (χ1v) is 11.4. The summed E-state index contributed by atoms with van der Waals surface area (Å²) in [4.78, 5) is 18.6. The number of piperazine rings is 1. The number of amides is 1. The SMILES string of the molecule is CCCN1CCN(CC(=O)Nc2sc3c(c2C#N)CC[C@@H](C(C)(C)C)C3)CC1. The van der Waals surface area contributed by atoms with Crippen molar-refractivity contribution in [1.29, 1.82) is 5.26 Å². The third-order valence-corrected chi connectivity index (χ3v) is 7.40. The van der Waals surface area contributed by atoms with Gasteiger partial charge >= 0.3 is 0 Å². The summed E-state index contributed by atoms with van der Waals surface area (Å²) in [7, 11) is 0. The second kappa shape index (κ2) is 8.94. The van der Waals surface area contributed by atoms with Gasteiger partial charge in [0.1, 0.15) is 11.1 Å². The van der Waals surface area contributed by atoms with Gasteiger partial charge in [0, 0.05) is 31.1 Å². The van der Waals surface area contributed by atoms with E-state index in [9.17, 15) is 10.1 Å². The number of hydrogen-bond acceptors (Lipinski definition) is 5. The third-order valence-electron chi connectivity index (χ3n) is 6.23. The Labute approximate surface area is 173 Å². The van der Waals surface area contributed by atoms with Crippen molar-refractivity contribution in [3.05, 3.63) is 16.0 Å². The van der Waals surface area contributed by atoms with E-state index in [-0.39, 0.29) is 11.3 Å². The van der Waals surface area contributed by atoms with Gasteiger partial charge < -0.3 is 10.2 Å². The van der Waals surface area contributed by atoms with E-state index >= 15 is 0 Å². The topological polar surface area (TPSA) is 59.4 Å². The lowest BCUT2D eigenvalue weighted by Crippen LogP contribution is -2.48. The molecule has 1 aliphatic carbocycles. The molecule has 1 amide bonds. The molecule has 0 spiro atoms. The van der Waals surface area contributed by atoms with Gasteiger partial charge in [-0.25, -0.2) is 0 Å². The van der Waals surface area contributed by atoms with Gasteiger partial charge in [-0.2, -0.15) is 5.26 Å². The first-order valence-electron chi connectivity index (χ1n) is 10.6. The summed E-state index contributed by atoms with van der Waals surface area (Å²) in [5.41, 5.74) is 2.16. The van der Waals surface area contributed by atoms with Crippen LogP contribution >= 0.6 is 11.3 Å². The number of nitriles is 1. The second-order valence-electron chi connectivity index (χ2n) is 9.29. The van der Waals surface area contributed by atoms with E-state index in [2.05, 4.69) is 48.9 Å². The van der Waals surface area contributed by atoms with Crippen molar-refractivity contribution < 1.29 is 4.79 Å². The zero-order valence-electron chi connectivity index (χ0n) is 17.8. The van der Waals surface area contributed by atoms with Gasteiger partial charge in [0.2, 0.25) is 5.91 Å². The van der Waals surface area contributed by atoms with Crippen LogP contribution in [0.5, 0.6) is 0 Å². The number of hydrogen-bond donors (Lipinski definition) is 1. The molecule has 0 radical (unpaired) electrons. The minimum absolute atomic E-state index is 0.00594. The Kier molecular flexibility index (Phi) is 6.80. The molecule has 3 rings (SSSR count). The van der Waals surface area contributed by atoms with Gasteiger partial charge in [-0.15, -0.1) is 11.3 Å². The van der Waals surface area contributed by atoms with Crippen LogP contribution in [0, 0.1) is 22.7 Å². The van der Waals surface area contributed by atoms with Gasteiger partial charge in [-0.3, -0.25) is 9.69 Å². The zero-order chi connectivity index (χ0) is 20.3. The summed E-state index contributed by atoms with van der Waals surface area (Å²) in [5.74, 6) is 0.638. The fourth-order valence-electron chi connectivity index (χ4n) is 4.39. The van der Waals surface area contributed by atoms with Gasteiger partial charge in [0.05, 0.1) is 12.1 Å². The summed E-state index contributed by atoms with van der Waals surface area (Å²) in [5, 5.41) is 13.5. The lowest BCUT2D eigenvalue weighted by atomic mass is 9.72. The largest absolute Gasteiger partial charge is 0.315 e. The van der Waals surface area contributed by atoms with Crippen LogP contribution in [-0.4, -0.2) is 55.0 Å². The van der Waals surface area contributed by atoms with Crippen LogP contribution in [0.25, 0.3) is 0 Å². The van der Waals surface area contributed by atoms with Gasteiger partial charge in [-0.1, -0.05) is 27.7 Å². The highest BCUT2D eigenvalue weighted by molar-refractivity contribution is 7.16. The van der Waals surface area contributed by atoms with E-state index in [1.165, 1.54) is 16.9 Å². The van der Waals surface area contributed by atoms with E-state index in [0.29, 0.717) is 18.0 Å². The van der Waals surface area contributed by atoms with E-state index < -0.39 is 0 Å². The first kappa shape index (κ1) is 21.3. The monoisotopic (exact) mass is 402 g/mol. The Bertz CT molecular complexity index is 735. The molecule has 0 bridgehead atoms. The van der Waals surface area contributed by atoms with Gasteiger partial charge in [-0.05, 0) is 49.1 Å². The number of carbonyl (C=O) groups is 1. The minimum Gasteiger partial charge on any atom is -0.315 e. The quantitative estimate of drug-likeness (QED) is 0.815. The van der Waals surface area contributed by atoms with Crippen LogP contribution in [-0.2, 0) is 17.6 Å². The highest BCUT2D eigenvalue weighted by atomic mass is 32.1. The minimum atomic E-state index is 0.00594. The molecule has 1 N–H and O–H groups in total. The lowest BCUT2D eigenvalue weighted by Gasteiger charge is -2.34. The van der Waals surface area contributed by atoms with Crippen LogP contribution in [0.1, 0.15) is 56.5 Å². The van der Waals surface area contributed by atoms with Crippen molar-refractivity contribution in [2.24, 2.45) is 11.3 Å². The summed E-state index contributed by atoms with van der Waals surface area (Å²) >= 11 is 1.62. The molecular weight excluding hydrogens is 368 g/mol. The number of carbonyl (C=O) groups excluding carboxylic acids is 1. The average Bonchev–Trinajstić information content (AvgIpc) is 2.98. The van der Waals surface area contributed by atoms with Crippen LogP contribution in [0.2, 0.25) is 0 Å². The molecule has 0 unspecified atom stereocenters. The standard InChI is InChI=1S/C22H34N4OS/c1-5-8-25-9-11-26(12-10-25)15-20(27)24-21-18(14-23)17-7-6-16(22(2,3)4)13-19(17)28-21/h16H,5-13,15H2,1-4H3,(H,24,27)/t16-/m1/s1. The molecule has 1 saturated heterocycles. The Balaban J connectivity index is 1.61. The Morgan fingerprint density at radius 3 is 2.54 bits per heavy atom. The lowest BCUT2D eigenvalue weighted by molar-refractivity contribution is -0.117. The Morgan fingerprint density at radius 2 is 1.93 bits per heavy atom. The molecule has 0 saturated carbocycles. The van der Waals surface area contributed by atoms with Crippen molar-refractivity contribution in [2.75, 3.05) is 44.6 Å². The van der Waals surface area contributed by atoms with E-state index in [0.717, 1.165) is 57.0 Å². The predicted molar refractivity (Wildman–Crippen MR) is 116 cm³/mol.